The van der Waals surface area contributed by atoms with E-state index in [0.717, 1.165) is 58.7 Å². The van der Waals surface area contributed by atoms with Gasteiger partial charge in [-0.25, -0.2) is 10.9 Å². The first kappa shape index (κ1) is 47.8. The summed E-state index contributed by atoms with van der Waals surface area (Å²) in [5, 5.41) is 25.0. The maximum absolute atomic E-state index is 13.8. The van der Waals surface area contributed by atoms with Crippen LogP contribution in [0.2, 0.25) is 5.02 Å². The highest BCUT2D eigenvalue weighted by molar-refractivity contribution is 8.00. The minimum Gasteiger partial charge on any atom is -0.489 e. The molecular weight excluding hydrogens is 882 g/mol. The number of amides is 1. The summed E-state index contributed by atoms with van der Waals surface area (Å²) < 4.78 is 12.5. The van der Waals surface area contributed by atoms with Gasteiger partial charge in [-0.3, -0.25) is 35.5 Å². The van der Waals surface area contributed by atoms with Crippen LogP contribution in [0.1, 0.15) is 90.8 Å². The van der Waals surface area contributed by atoms with Crippen LogP contribution < -0.4 is 36.9 Å². The molecule has 1 aliphatic carbocycles. The van der Waals surface area contributed by atoms with Crippen molar-refractivity contribution in [1.29, 1.82) is 5.26 Å². The zero-order valence-electron chi connectivity index (χ0n) is 40.6. The van der Waals surface area contributed by atoms with Crippen LogP contribution in [0, 0.1) is 45.3 Å². The Balaban J connectivity index is 0.714. The lowest BCUT2D eigenvalue weighted by Gasteiger charge is -2.63. The Morgan fingerprint density at radius 2 is 1.79 bits per heavy atom. The molecule has 8 aliphatic rings. The molecule has 1 amide bonds. The molecule has 16 heteroatoms. The average molecular weight is 957 g/mol. The van der Waals surface area contributed by atoms with Gasteiger partial charge in [0.15, 0.2) is 0 Å². The number of nitrogens with zero attached hydrogens (tertiary/aromatic N) is 5. The number of ether oxygens (including phenoxy) is 2. The summed E-state index contributed by atoms with van der Waals surface area (Å²) >= 11 is 8.43. The number of halogens is 1. The maximum atomic E-state index is 13.8. The van der Waals surface area contributed by atoms with Gasteiger partial charge >= 0.3 is 0 Å². The molecule has 0 aromatic heterocycles. The van der Waals surface area contributed by atoms with E-state index in [1.54, 1.807) is 18.2 Å². The predicted octanol–water partition coefficient (Wildman–Crippen LogP) is 4.94. The molecule has 6 N–H and O–H groups in total. The van der Waals surface area contributed by atoms with Crippen LogP contribution in [0.5, 0.6) is 5.75 Å². The largest absolute Gasteiger partial charge is 0.489 e. The third-order valence-electron chi connectivity index (χ3n) is 17.2. The van der Waals surface area contributed by atoms with Crippen LogP contribution in [-0.4, -0.2) is 139 Å². The Morgan fingerprint density at radius 1 is 1.01 bits per heavy atom. The van der Waals surface area contributed by atoms with Gasteiger partial charge in [0.1, 0.15) is 30.4 Å². The number of aliphatic imine (C=N–C) groups is 1. The van der Waals surface area contributed by atoms with Crippen molar-refractivity contribution >= 4 is 35.0 Å². The van der Waals surface area contributed by atoms with E-state index in [0.29, 0.717) is 57.3 Å². The number of nitriles is 1. The molecule has 1 spiro atoms. The van der Waals surface area contributed by atoms with Gasteiger partial charge in [-0.2, -0.15) is 5.26 Å². The molecule has 6 saturated heterocycles. The summed E-state index contributed by atoms with van der Waals surface area (Å²) in [5.74, 6) is 1.42. The maximum Gasteiger partial charge on any atom is 0.225 e. The Hall–Kier alpha value is -2.85. The number of carbonyl (C=O) groups excluding carboxylic acids is 1. The number of nitrogens with one attached hydrogen (secondary N) is 6. The summed E-state index contributed by atoms with van der Waals surface area (Å²) in [6, 6.07) is 16.8. The molecule has 7 aliphatic heterocycles. The molecule has 0 bridgehead atoms. The molecule has 364 valence electrons. The second-order valence-corrected chi connectivity index (χ2v) is 24.3. The van der Waals surface area contributed by atoms with Crippen LogP contribution in [0.4, 0.5) is 0 Å². The molecule has 9 atom stereocenters. The minimum absolute atomic E-state index is 0.0360. The highest BCUT2D eigenvalue weighted by Crippen LogP contribution is 2.56. The summed E-state index contributed by atoms with van der Waals surface area (Å²) in [5.41, 5.74) is 11.2. The lowest BCUT2D eigenvalue weighted by Crippen LogP contribution is -2.75. The van der Waals surface area contributed by atoms with Crippen molar-refractivity contribution in [2.45, 2.75) is 134 Å². The van der Waals surface area contributed by atoms with Gasteiger partial charge in [-0.15, -0.1) is 11.8 Å². The van der Waals surface area contributed by atoms with Crippen LogP contribution >= 0.6 is 23.4 Å². The highest BCUT2D eigenvalue weighted by atomic mass is 35.5. The standard InChI is InChI=1S/C51H74ClN11O3S/c1-30-31(2)67-45-41(30)42(57-39(24-40-54-18-22-65-40)43-60-59-32(3)63(43)45)34-11-9-33(10-12-34)15-20-61-21-17-51(28-61)16-8-19-62(29-51)48-55-26-36(27-56-48)44(64)58-46-49(4,5)47(50(46,6)7)66-37-14-13-35(25-53)38(52)23-37/h9-14,23,30-32,36,39-41,43,45-48,54-56,59-60H,8,15-22,24,26-29H2,1-7H3,(H,58,64)/t30?,31?,32?,36?,39-,40?,41?,43?,45?,46?,47?,48?,51?/m0/s1. The van der Waals surface area contributed by atoms with Crippen molar-refractivity contribution in [2.24, 2.45) is 39.0 Å². The Bertz CT molecular complexity index is 2180. The van der Waals surface area contributed by atoms with E-state index >= 15 is 0 Å². The van der Waals surface area contributed by atoms with E-state index < -0.39 is 0 Å². The number of piperidine rings is 1. The van der Waals surface area contributed by atoms with E-state index in [1.165, 1.54) is 36.1 Å². The van der Waals surface area contributed by atoms with Crippen molar-refractivity contribution in [3.05, 3.63) is 64.2 Å². The van der Waals surface area contributed by atoms with E-state index in [4.69, 9.17) is 26.1 Å². The molecule has 0 radical (unpaired) electrons. The average Bonchev–Trinajstić information content (AvgIpc) is 4.11. The number of hydrazine groups is 1. The fourth-order valence-corrected chi connectivity index (χ4v) is 15.7. The van der Waals surface area contributed by atoms with Crippen LogP contribution in [-0.2, 0) is 16.0 Å². The topological polar surface area (TPSA) is 154 Å². The van der Waals surface area contributed by atoms with E-state index in [1.807, 2.05) is 0 Å². The number of carbonyl (C=O) groups is 1. The highest BCUT2D eigenvalue weighted by Gasteiger charge is 2.64. The smallest absolute Gasteiger partial charge is 0.225 e. The number of fused-ring (bicyclic) bond motifs is 3. The molecule has 10 rings (SSSR count). The summed E-state index contributed by atoms with van der Waals surface area (Å²) in [6.07, 6.45) is 5.91. The number of likely N-dealkylation sites (tertiary alicyclic amines) is 2. The van der Waals surface area contributed by atoms with Crippen molar-refractivity contribution in [1.82, 2.24) is 46.8 Å². The lowest BCUT2D eigenvalue weighted by atomic mass is 9.49. The number of hydrogen-bond donors (Lipinski definition) is 6. The van der Waals surface area contributed by atoms with Gasteiger partial charge in [-0.05, 0) is 73.7 Å². The molecule has 2 aromatic carbocycles. The molecule has 67 heavy (non-hydrogen) atoms. The van der Waals surface area contributed by atoms with Crippen molar-refractivity contribution in [3.63, 3.8) is 0 Å². The molecule has 7 fully saturated rings. The fraction of sp³-hybridized carbons (Fsp3) is 0.706. The first-order chi connectivity index (χ1) is 32.1. The van der Waals surface area contributed by atoms with Crippen LogP contribution in [0.15, 0.2) is 47.5 Å². The van der Waals surface area contributed by atoms with Crippen molar-refractivity contribution < 1.29 is 14.3 Å². The number of benzene rings is 2. The van der Waals surface area contributed by atoms with Crippen molar-refractivity contribution in [2.75, 3.05) is 59.0 Å². The zero-order chi connectivity index (χ0) is 46.8. The van der Waals surface area contributed by atoms with Crippen LogP contribution in [0.25, 0.3) is 0 Å². The van der Waals surface area contributed by atoms with Gasteiger partial charge < -0.3 is 19.7 Å². The summed E-state index contributed by atoms with van der Waals surface area (Å²) in [4.78, 5) is 27.4. The quantitative estimate of drug-likeness (QED) is 0.181. The SMILES string of the molecule is CC1SC2C(C(c3ccc(CCN4CCC5(CCCN(C6NCC(C(=O)NC7C(C)(C)C(Oc8ccc(C#N)c(Cl)c8)C7(C)C)CN6)C5)C4)cc3)=N[C@@H](CC3NCCO3)C3NNC(C)N23)C1C. The van der Waals surface area contributed by atoms with Crippen molar-refractivity contribution in [3.8, 4) is 11.8 Å². The van der Waals surface area contributed by atoms with Crippen LogP contribution in [0.3, 0.4) is 0 Å². The first-order valence-corrected chi connectivity index (χ1v) is 26.5. The lowest BCUT2D eigenvalue weighted by molar-refractivity contribution is -0.174. The Morgan fingerprint density at radius 3 is 2.51 bits per heavy atom. The second kappa shape index (κ2) is 19.1. The van der Waals surface area contributed by atoms with Gasteiger partial charge in [0.05, 0.1) is 46.9 Å². The van der Waals surface area contributed by atoms with Gasteiger partial charge in [0.2, 0.25) is 5.91 Å². The summed E-state index contributed by atoms with van der Waals surface area (Å²) in [7, 11) is 0. The van der Waals surface area contributed by atoms with Gasteiger partial charge in [0, 0.05) is 92.1 Å². The molecular formula is C51H74ClN11O3S. The third kappa shape index (κ3) is 9.21. The predicted molar refractivity (Wildman–Crippen MR) is 265 cm³/mol. The van der Waals surface area contributed by atoms with E-state index in [9.17, 15) is 10.1 Å². The second-order valence-electron chi connectivity index (χ2n) is 22.4. The molecule has 8 unspecified atom stereocenters. The van der Waals surface area contributed by atoms with E-state index in [2.05, 4.69) is 137 Å². The zero-order valence-corrected chi connectivity index (χ0v) is 42.2. The minimum atomic E-state index is -0.305. The Labute approximate surface area is 407 Å². The van der Waals surface area contributed by atoms with Gasteiger partial charge in [-0.1, -0.05) is 77.4 Å². The monoisotopic (exact) mass is 956 g/mol. The molecule has 2 aromatic rings. The number of rotatable bonds is 11. The normalized spacial score (nSPS) is 38.4. The number of thioether (sulfide) groups is 1. The summed E-state index contributed by atoms with van der Waals surface area (Å²) in [6.45, 7) is 24.1. The fourth-order valence-electron chi connectivity index (χ4n) is 13.6. The first-order valence-electron chi connectivity index (χ1n) is 25.2. The molecule has 7 heterocycles. The van der Waals surface area contributed by atoms with E-state index in [-0.39, 0.29) is 65.7 Å². The molecule has 1 saturated carbocycles. The third-order valence-corrected chi connectivity index (χ3v) is 19.2. The van der Waals surface area contributed by atoms with Gasteiger partial charge in [0.25, 0.3) is 0 Å². The Kier molecular flexibility index (Phi) is 13.6. The number of hydrogen-bond acceptors (Lipinski definition) is 14. The molecule has 14 nitrogen and oxygen atoms in total.